The zero-order valence-corrected chi connectivity index (χ0v) is 11.8. The average molecular weight is 305 g/mol. The van der Waals surface area contributed by atoms with Crippen molar-refractivity contribution in [3.05, 3.63) is 46.4 Å². The van der Waals surface area contributed by atoms with E-state index in [9.17, 15) is 0 Å². The van der Waals surface area contributed by atoms with Crippen LogP contribution in [0, 0.1) is 5.92 Å². The molecule has 2 aromatic carbocycles. The summed E-state index contributed by atoms with van der Waals surface area (Å²) < 4.78 is 1.12. The third-order valence-electron chi connectivity index (χ3n) is 3.99. The van der Waals surface area contributed by atoms with Crippen molar-refractivity contribution in [2.24, 2.45) is 11.8 Å². The Morgan fingerprint density at radius 1 is 1.11 bits per heavy atom. The molecule has 0 saturated heterocycles. The van der Waals surface area contributed by atoms with Gasteiger partial charge in [0.2, 0.25) is 0 Å². The fraction of sp³-hybridized carbons (Fsp3) is 0.333. The topological polar surface area (TPSA) is 38.0 Å². The number of nitrogens with one attached hydrogen (secondary N) is 1. The van der Waals surface area contributed by atoms with Crippen LogP contribution in [0.15, 0.2) is 40.9 Å². The maximum Gasteiger partial charge on any atom is 0.0488 e. The fourth-order valence-electron chi connectivity index (χ4n) is 2.71. The summed E-state index contributed by atoms with van der Waals surface area (Å²) in [6.07, 6.45) is 3.91. The van der Waals surface area contributed by atoms with E-state index in [4.69, 9.17) is 5.84 Å². The highest BCUT2D eigenvalue weighted by atomic mass is 79.9. The Balaban J connectivity index is 1.98. The van der Waals surface area contributed by atoms with Crippen LogP contribution >= 0.6 is 15.9 Å². The molecule has 0 aromatic heterocycles. The zero-order valence-electron chi connectivity index (χ0n) is 10.2. The number of fused-ring (bicyclic) bond motifs is 1. The summed E-state index contributed by atoms with van der Waals surface area (Å²) in [6, 6.07) is 13.3. The Morgan fingerprint density at radius 2 is 1.83 bits per heavy atom. The molecule has 3 rings (SSSR count). The first-order valence-corrected chi connectivity index (χ1v) is 7.22. The van der Waals surface area contributed by atoms with Gasteiger partial charge in [0.05, 0.1) is 0 Å². The number of hydrogen-bond acceptors (Lipinski definition) is 2. The number of hydrazine groups is 1. The third-order valence-corrected chi connectivity index (χ3v) is 4.48. The molecule has 1 fully saturated rings. The van der Waals surface area contributed by atoms with Crippen LogP contribution in [0.5, 0.6) is 0 Å². The highest BCUT2D eigenvalue weighted by Gasteiger charge is 2.27. The number of hydrogen-bond donors (Lipinski definition) is 2. The molecule has 1 aliphatic rings. The van der Waals surface area contributed by atoms with Crippen molar-refractivity contribution >= 4 is 26.7 Å². The Labute approximate surface area is 116 Å². The van der Waals surface area contributed by atoms with Gasteiger partial charge in [0.15, 0.2) is 0 Å². The van der Waals surface area contributed by atoms with Gasteiger partial charge in [-0.3, -0.25) is 11.3 Å². The molecule has 0 heterocycles. The molecule has 1 aliphatic carbocycles. The normalized spacial score (nSPS) is 17.7. The van der Waals surface area contributed by atoms with Gasteiger partial charge in [-0.1, -0.05) is 40.5 Å². The molecule has 2 aromatic rings. The number of nitrogens with two attached hydrogens (primary N) is 1. The lowest BCUT2D eigenvalue weighted by molar-refractivity contribution is 0.232. The Kier molecular flexibility index (Phi) is 3.37. The van der Waals surface area contributed by atoms with Crippen molar-refractivity contribution in [2.45, 2.75) is 25.3 Å². The van der Waals surface area contributed by atoms with Crippen molar-refractivity contribution in [3.8, 4) is 0 Å². The minimum Gasteiger partial charge on any atom is -0.271 e. The van der Waals surface area contributed by atoms with Gasteiger partial charge in [0.25, 0.3) is 0 Å². The van der Waals surface area contributed by atoms with Gasteiger partial charge >= 0.3 is 0 Å². The number of halogens is 1. The van der Waals surface area contributed by atoms with Gasteiger partial charge in [-0.15, -0.1) is 0 Å². The van der Waals surface area contributed by atoms with Gasteiger partial charge < -0.3 is 0 Å². The molecule has 3 heteroatoms. The van der Waals surface area contributed by atoms with Crippen LogP contribution in [0.3, 0.4) is 0 Å². The van der Waals surface area contributed by atoms with Crippen LogP contribution in [-0.4, -0.2) is 0 Å². The van der Waals surface area contributed by atoms with Crippen molar-refractivity contribution in [2.75, 3.05) is 0 Å². The molecular formula is C15H17BrN2. The lowest BCUT2D eigenvalue weighted by atomic mass is 9.77. The minimum absolute atomic E-state index is 0.298. The maximum atomic E-state index is 5.73. The summed E-state index contributed by atoms with van der Waals surface area (Å²) in [5, 5.41) is 2.53. The predicted octanol–water partition coefficient (Wildman–Crippen LogP) is 3.91. The highest BCUT2D eigenvalue weighted by molar-refractivity contribution is 9.10. The molecule has 0 amide bonds. The van der Waals surface area contributed by atoms with Gasteiger partial charge in [-0.2, -0.15) is 0 Å². The minimum atomic E-state index is 0.298. The van der Waals surface area contributed by atoms with E-state index in [-0.39, 0.29) is 0 Å². The van der Waals surface area contributed by atoms with E-state index in [1.165, 1.54) is 35.6 Å². The van der Waals surface area contributed by atoms with E-state index in [1.807, 2.05) is 0 Å². The van der Waals surface area contributed by atoms with Crippen LogP contribution in [-0.2, 0) is 0 Å². The Bertz CT molecular complexity index is 563. The lowest BCUT2D eigenvalue weighted by Crippen LogP contribution is -2.36. The third kappa shape index (κ3) is 2.18. The molecule has 2 nitrogen and oxygen atoms in total. The first kappa shape index (κ1) is 12.2. The van der Waals surface area contributed by atoms with Crippen LogP contribution < -0.4 is 11.3 Å². The average Bonchev–Trinajstić information content (AvgIpc) is 2.33. The molecule has 0 radical (unpaired) electrons. The SMILES string of the molecule is NNC(c1ccc2cc(Br)ccc2c1)C1CCC1. The van der Waals surface area contributed by atoms with Crippen molar-refractivity contribution in [1.29, 1.82) is 0 Å². The van der Waals surface area contributed by atoms with Crippen LogP contribution in [0.2, 0.25) is 0 Å². The standard InChI is InChI=1S/C15H17BrN2/c16-14-7-6-11-8-13(5-4-12(11)9-14)15(18-17)10-2-1-3-10/h4-10,15,18H,1-3,17H2. The first-order valence-electron chi connectivity index (χ1n) is 6.43. The largest absolute Gasteiger partial charge is 0.271 e. The predicted molar refractivity (Wildman–Crippen MR) is 79.1 cm³/mol. The molecule has 1 saturated carbocycles. The second-order valence-electron chi connectivity index (χ2n) is 5.09. The smallest absolute Gasteiger partial charge is 0.0488 e. The molecule has 1 atom stereocenters. The lowest BCUT2D eigenvalue weighted by Gasteiger charge is -2.33. The van der Waals surface area contributed by atoms with Crippen molar-refractivity contribution < 1.29 is 0 Å². The molecule has 0 aliphatic heterocycles. The van der Waals surface area contributed by atoms with Crippen molar-refractivity contribution in [1.82, 2.24) is 5.43 Å². The Morgan fingerprint density at radius 3 is 2.50 bits per heavy atom. The Hall–Kier alpha value is -0.900. The van der Waals surface area contributed by atoms with Crippen molar-refractivity contribution in [3.63, 3.8) is 0 Å². The van der Waals surface area contributed by atoms with E-state index >= 15 is 0 Å². The summed E-state index contributed by atoms with van der Waals surface area (Å²) in [5.41, 5.74) is 4.29. The molecule has 94 valence electrons. The quantitative estimate of drug-likeness (QED) is 0.666. The molecule has 3 N–H and O–H groups in total. The second kappa shape index (κ2) is 5.00. The maximum absolute atomic E-state index is 5.73. The number of benzene rings is 2. The second-order valence-corrected chi connectivity index (χ2v) is 6.00. The van der Waals surface area contributed by atoms with E-state index in [0.29, 0.717) is 12.0 Å². The van der Waals surface area contributed by atoms with Crippen LogP contribution in [0.1, 0.15) is 30.9 Å². The van der Waals surface area contributed by atoms with Crippen LogP contribution in [0.25, 0.3) is 10.8 Å². The van der Waals surface area contributed by atoms with E-state index < -0.39 is 0 Å². The zero-order chi connectivity index (χ0) is 12.5. The first-order chi connectivity index (χ1) is 8.78. The van der Waals surface area contributed by atoms with E-state index in [2.05, 4.69) is 57.8 Å². The molecule has 1 unspecified atom stereocenters. The summed E-state index contributed by atoms with van der Waals surface area (Å²) in [7, 11) is 0. The monoisotopic (exact) mass is 304 g/mol. The van der Waals surface area contributed by atoms with Gasteiger partial charge in [0.1, 0.15) is 0 Å². The molecule has 18 heavy (non-hydrogen) atoms. The van der Waals surface area contributed by atoms with Gasteiger partial charge in [0, 0.05) is 10.5 Å². The van der Waals surface area contributed by atoms with Crippen LogP contribution in [0.4, 0.5) is 0 Å². The van der Waals surface area contributed by atoms with Gasteiger partial charge in [-0.05, 0) is 53.3 Å². The summed E-state index contributed by atoms with van der Waals surface area (Å²) in [6.45, 7) is 0. The fourth-order valence-corrected chi connectivity index (χ4v) is 3.08. The summed E-state index contributed by atoms with van der Waals surface area (Å²) >= 11 is 3.50. The molecular weight excluding hydrogens is 288 g/mol. The molecule has 0 bridgehead atoms. The molecule has 0 spiro atoms. The van der Waals surface area contributed by atoms with E-state index in [0.717, 1.165) is 4.47 Å². The number of rotatable bonds is 3. The summed E-state index contributed by atoms with van der Waals surface area (Å²) in [5.74, 6) is 6.42. The van der Waals surface area contributed by atoms with Gasteiger partial charge in [-0.25, -0.2) is 0 Å². The summed E-state index contributed by atoms with van der Waals surface area (Å²) in [4.78, 5) is 0. The van der Waals surface area contributed by atoms with E-state index in [1.54, 1.807) is 0 Å². The highest BCUT2D eigenvalue weighted by Crippen LogP contribution is 2.38.